The molecule has 3 rings (SSSR count). The van der Waals surface area contributed by atoms with Crippen molar-refractivity contribution in [3.05, 3.63) is 72.3 Å². The molecular formula is C42H66O7Si2. The highest BCUT2D eigenvalue weighted by Gasteiger charge is 2.54. The Morgan fingerprint density at radius 1 is 0.941 bits per heavy atom. The van der Waals surface area contributed by atoms with Crippen molar-refractivity contribution in [2.45, 2.75) is 143 Å². The van der Waals surface area contributed by atoms with Crippen molar-refractivity contribution >= 4 is 39.3 Å². The zero-order valence-electron chi connectivity index (χ0n) is 33.5. The maximum Gasteiger partial charge on any atom is 0.311 e. The predicted molar refractivity (Wildman–Crippen MR) is 212 cm³/mol. The van der Waals surface area contributed by atoms with Crippen molar-refractivity contribution in [2.75, 3.05) is 13.7 Å². The van der Waals surface area contributed by atoms with Gasteiger partial charge in [-0.15, -0.1) is 0 Å². The zero-order valence-corrected chi connectivity index (χ0v) is 35.5. The first-order chi connectivity index (χ1) is 24.0. The van der Waals surface area contributed by atoms with Crippen LogP contribution in [0.5, 0.6) is 0 Å². The van der Waals surface area contributed by atoms with E-state index in [1.54, 1.807) is 14.0 Å². The third kappa shape index (κ3) is 9.97. The van der Waals surface area contributed by atoms with Crippen LogP contribution >= 0.6 is 0 Å². The van der Waals surface area contributed by atoms with E-state index in [9.17, 15) is 9.59 Å². The topological polar surface area (TPSA) is 80.3 Å². The number of methoxy groups -OCH3 is 1. The van der Waals surface area contributed by atoms with E-state index in [1.807, 2.05) is 26.0 Å². The third-order valence-electron chi connectivity index (χ3n) is 11.1. The fourth-order valence-electron chi connectivity index (χ4n) is 7.97. The molecule has 1 heterocycles. The number of carbonyl (C=O) groups is 2. The smallest absolute Gasteiger partial charge is 0.311 e. The summed E-state index contributed by atoms with van der Waals surface area (Å²) in [4.78, 5) is 25.6. The summed E-state index contributed by atoms with van der Waals surface area (Å²) >= 11 is 0. The molecule has 5 atom stereocenters. The quantitative estimate of drug-likeness (QED) is 0.0656. The van der Waals surface area contributed by atoms with Crippen LogP contribution in [0, 0.1) is 11.3 Å². The van der Waals surface area contributed by atoms with Crippen molar-refractivity contribution < 1.29 is 32.7 Å². The van der Waals surface area contributed by atoms with E-state index < -0.39 is 33.9 Å². The number of hydrogen-bond acceptors (Lipinski definition) is 7. The average molecular weight is 739 g/mol. The van der Waals surface area contributed by atoms with Gasteiger partial charge in [0.25, 0.3) is 8.32 Å². The second-order valence-corrected chi connectivity index (χ2v) is 25.0. The maximum atomic E-state index is 13.1. The highest BCUT2D eigenvalue weighted by atomic mass is 28.4. The van der Waals surface area contributed by atoms with Gasteiger partial charge in [-0.05, 0) is 53.0 Å². The molecule has 9 heteroatoms. The number of hydrogen-bond donors (Lipinski definition) is 0. The molecule has 1 saturated heterocycles. The van der Waals surface area contributed by atoms with Crippen LogP contribution in [-0.4, -0.2) is 66.7 Å². The minimum atomic E-state index is -2.95. The summed E-state index contributed by atoms with van der Waals surface area (Å²) in [5.74, 6) is -1.71. The van der Waals surface area contributed by atoms with Crippen LogP contribution in [0.1, 0.15) is 95.4 Å². The van der Waals surface area contributed by atoms with Crippen LogP contribution in [0.15, 0.2) is 72.3 Å². The summed E-state index contributed by atoms with van der Waals surface area (Å²) in [7, 11) is -3.39. The van der Waals surface area contributed by atoms with Crippen LogP contribution in [0.3, 0.4) is 0 Å². The Bertz CT molecular complexity index is 1370. The van der Waals surface area contributed by atoms with Crippen LogP contribution < -0.4 is 10.4 Å². The molecule has 7 nitrogen and oxygen atoms in total. The molecule has 51 heavy (non-hydrogen) atoms. The highest BCUT2D eigenvalue weighted by Crippen LogP contribution is 2.43. The molecule has 0 spiro atoms. The lowest BCUT2D eigenvalue weighted by atomic mass is 9.80. The number of carbonyl (C=O) groups excluding carboxylic acids is 2. The molecule has 2 aromatic carbocycles. The molecule has 0 aliphatic carbocycles. The van der Waals surface area contributed by atoms with E-state index in [2.05, 4.69) is 110 Å². The summed E-state index contributed by atoms with van der Waals surface area (Å²) in [5.41, 5.74) is 0.312. The molecule has 1 fully saturated rings. The SMILES string of the molecule is CCOC(=O)C[C@@]1(OC)C[C@@H](O[Si](c2ccccc2)(c2ccccc2)C(C)(C)C)C[C@@H](/C(C)=C/[C@H](C)[C@@H](O[Si](CC)(CC)CC)C(C)(C)C=O)O1. The van der Waals surface area contributed by atoms with Gasteiger partial charge < -0.3 is 27.9 Å². The average Bonchev–Trinajstić information content (AvgIpc) is 3.11. The van der Waals surface area contributed by atoms with Crippen molar-refractivity contribution in [1.29, 1.82) is 0 Å². The first-order valence-corrected chi connectivity index (χ1v) is 23.4. The number of aldehydes is 1. The Hall–Kier alpha value is -2.41. The van der Waals surface area contributed by atoms with Crippen LogP contribution in [0.4, 0.5) is 0 Å². The zero-order chi connectivity index (χ0) is 38.1. The third-order valence-corrected chi connectivity index (χ3v) is 20.8. The van der Waals surface area contributed by atoms with E-state index in [0.29, 0.717) is 12.8 Å². The minimum absolute atomic E-state index is 0.0567. The van der Waals surface area contributed by atoms with Gasteiger partial charge in [-0.1, -0.05) is 129 Å². The Morgan fingerprint density at radius 2 is 1.47 bits per heavy atom. The van der Waals surface area contributed by atoms with Gasteiger partial charge in [0.2, 0.25) is 0 Å². The van der Waals surface area contributed by atoms with Crippen LogP contribution in [-0.2, 0) is 32.7 Å². The summed E-state index contributed by atoms with van der Waals surface area (Å²) in [5, 5.41) is 2.14. The van der Waals surface area contributed by atoms with Gasteiger partial charge in [0.05, 0.1) is 31.3 Å². The van der Waals surface area contributed by atoms with Gasteiger partial charge in [-0.2, -0.15) is 0 Å². The van der Waals surface area contributed by atoms with Crippen molar-refractivity contribution in [2.24, 2.45) is 11.3 Å². The number of rotatable bonds is 18. The Kier molecular flexibility index (Phi) is 15.2. The van der Waals surface area contributed by atoms with Gasteiger partial charge in [-0.25, -0.2) is 0 Å². The molecule has 284 valence electrons. The Labute approximate surface area is 311 Å². The summed E-state index contributed by atoms with van der Waals surface area (Å²) < 4.78 is 33.2. The van der Waals surface area contributed by atoms with E-state index >= 15 is 0 Å². The van der Waals surface area contributed by atoms with Gasteiger partial charge in [0, 0.05) is 31.3 Å². The molecule has 0 bridgehead atoms. The molecule has 0 aromatic heterocycles. The molecule has 0 N–H and O–H groups in total. The second-order valence-electron chi connectivity index (χ2n) is 16.0. The fraction of sp³-hybridized carbons (Fsp3) is 0.619. The molecule has 0 saturated carbocycles. The van der Waals surface area contributed by atoms with E-state index in [0.717, 1.165) is 30.0 Å². The Morgan fingerprint density at radius 3 is 1.90 bits per heavy atom. The normalized spacial score (nSPS) is 21.9. The van der Waals surface area contributed by atoms with Crippen molar-refractivity contribution in [3.63, 3.8) is 0 Å². The van der Waals surface area contributed by atoms with Gasteiger partial charge in [-0.3, -0.25) is 4.79 Å². The lowest BCUT2D eigenvalue weighted by Crippen LogP contribution is -2.68. The molecular weight excluding hydrogens is 673 g/mol. The molecule has 0 unspecified atom stereocenters. The number of ether oxygens (including phenoxy) is 3. The van der Waals surface area contributed by atoms with Gasteiger partial charge >= 0.3 is 5.97 Å². The first kappa shape index (κ1) is 43.0. The van der Waals surface area contributed by atoms with E-state index in [4.69, 9.17) is 23.1 Å². The Balaban J connectivity index is 2.16. The monoisotopic (exact) mass is 738 g/mol. The van der Waals surface area contributed by atoms with Crippen molar-refractivity contribution in [3.8, 4) is 0 Å². The summed E-state index contributed by atoms with van der Waals surface area (Å²) in [6.45, 7) is 23.7. The molecule has 1 aliphatic rings. The minimum Gasteiger partial charge on any atom is -0.466 e. The molecule has 0 amide bonds. The number of esters is 1. The van der Waals surface area contributed by atoms with Gasteiger partial charge in [0.1, 0.15) is 6.29 Å². The van der Waals surface area contributed by atoms with Crippen LogP contribution in [0.25, 0.3) is 0 Å². The van der Waals surface area contributed by atoms with Crippen LogP contribution in [0.2, 0.25) is 23.2 Å². The fourth-order valence-corrected chi connectivity index (χ4v) is 15.7. The first-order valence-electron chi connectivity index (χ1n) is 19.0. The predicted octanol–water partition coefficient (Wildman–Crippen LogP) is 8.60. The summed E-state index contributed by atoms with van der Waals surface area (Å²) in [6, 6.07) is 24.2. The number of benzene rings is 2. The molecule has 1 aliphatic heterocycles. The highest BCUT2D eigenvalue weighted by molar-refractivity contribution is 6.99. The maximum absolute atomic E-state index is 13.1. The largest absolute Gasteiger partial charge is 0.466 e. The standard InChI is InChI=1S/C42H66O7Si2/c1-13-46-38(44)30-42(45-12)29-34(48-51(40(7,8)9,35-23-19-17-20-24-35)36-25-21-18-22-26-36)28-37(47-42)32(5)27-33(6)39(41(10,11)31-43)49-50(14-2,15-3)16-4/h17-27,31,33-34,37,39H,13-16,28-30H2,1-12H3/b32-27+/t33-,34-,37-,39+,42+/m0/s1. The van der Waals surface area contributed by atoms with Crippen molar-refractivity contribution in [1.82, 2.24) is 0 Å². The molecule has 0 radical (unpaired) electrons. The van der Waals surface area contributed by atoms with E-state index in [1.165, 1.54) is 10.4 Å². The van der Waals surface area contributed by atoms with E-state index in [-0.39, 0.29) is 42.2 Å². The molecule has 2 aromatic rings. The second kappa shape index (κ2) is 18.1. The lowest BCUT2D eigenvalue weighted by molar-refractivity contribution is -0.278. The lowest BCUT2D eigenvalue weighted by Gasteiger charge is -2.49. The van der Waals surface area contributed by atoms with Gasteiger partial charge in [0.15, 0.2) is 14.1 Å². The summed E-state index contributed by atoms with van der Waals surface area (Å²) in [6.07, 6.45) is 3.12.